The number of hydrogen-bond acceptors (Lipinski definition) is 12. The van der Waals surface area contributed by atoms with Crippen molar-refractivity contribution in [2.24, 2.45) is 22.9 Å². The van der Waals surface area contributed by atoms with E-state index < -0.39 is 22.7 Å². The Hall–Kier alpha value is -6.35. The number of methoxy groups -OCH3 is 1. The molecule has 0 saturated heterocycles. The maximum Gasteiger partial charge on any atom is 0.269 e. The molecule has 0 spiro atoms. The van der Waals surface area contributed by atoms with Gasteiger partial charge in [0.2, 0.25) is 11.7 Å². The average molecular weight is 916 g/mol. The first-order valence-corrected chi connectivity index (χ1v) is 23.3. The van der Waals surface area contributed by atoms with Crippen LogP contribution < -0.4 is 14.2 Å². The first kappa shape index (κ1) is 48.6. The number of oxime groups is 1. The lowest BCUT2D eigenvalue weighted by molar-refractivity contribution is -0.384. The third-order valence-electron chi connectivity index (χ3n) is 13.1. The molecule has 3 aliphatic rings. The van der Waals surface area contributed by atoms with E-state index in [0.717, 1.165) is 48.7 Å². The van der Waals surface area contributed by atoms with E-state index in [-0.39, 0.29) is 68.6 Å². The largest absolute Gasteiger partial charge is 0.497 e. The number of rotatable bonds is 24. The molecule has 1 saturated carbocycles. The van der Waals surface area contributed by atoms with Crippen molar-refractivity contribution in [3.63, 3.8) is 0 Å². The molecular weight excluding hydrogens is 855 g/mol. The summed E-state index contributed by atoms with van der Waals surface area (Å²) in [5.41, 5.74) is 4.30. The number of allylic oxidation sites excluding steroid dienone is 1. The summed E-state index contributed by atoms with van der Waals surface area (Å²) >= 11 is 0. The lowest BCUT2D eigenvalue weighted by atomic mass is 9.55. The number of nitro benzene ring substituents is 1. The van der Waals surface area contributed by atoms with Gasteiger partial charge in [0.15, 0.2) is 0 Å². The highest BCUT2D eigenvalue weighted by Gasteiger charge is 2.65. The molecular formula is C53H61N3O11. The third-order valence-corrected chi connectivity index (χ3v) is 13.1. The molecule has 4 aromatic carbocycles. The number of hydrogen-bond donors (Lipinski definition) is 2. The van der Waals surface area contributed by atoms with E-state index in [1.54, 1.807) is 49.6 Å². The number of aliphatic hydroxyl groups excluding tert-OH is 2. The van der Waals surface area contributed by atoms with Crippen LogP contribution in [-0.4, -0.2) is 83.2 Å². The van der Waals surface area contributed by atoms with E-state index in [2.05, 4.69) is 12.7 Å². The number of carbonyl (C=O) groups is 2. The van der Waals surface area contributed by atoms with Crippen LogP contribution in [0.25, 0.3) is 0 Å². The van der Waals surface area contributed by atoms with Crippen LogP contribution in [0.4, 0.5) is 5.69 Å². The van der Waals surface area contributed by atoms with Gasteiger partial charge in [-0.3, -0.25) is 19.7 Å². The number of fused-ring (bicyclic) bond motifs is 2. The minimum absolute atomic E-state index is 0.00347. The molecule has 1 aliphatic heterocycles. The number of amides is 1. The number of nitrogens with zero attached hydrogens (tertiary/aromatic N) is 3. The second kappa shape index (κ2) is 22.9. The summed E-state index contributed by atoms with van der Waals surface area (Å²) in [4.78, 5) is 45.7. The zero-order valence-electron chi connectivity index (χ0n) is 38.3. The van der Waals surface area contributed by atoms with Gasteiger partial charge in [0.25, 0.3) is 5.69 Å². The predicted octanol–water partition coefficient (Wildman–Crippen LogP) is 9.52. The Morgan fingerprint density at radius 2 is 1.70 bits per heavy atom. The van der Waals surface area contributed by atoms with Crippen molar-refractivity contribution in [3.05, 3.63) is 148 Å². The Morgan fingerprint density at radius 1 is 0.955 bits per heavy atom. The van der Waals surface area contributed by atoms with Gasteiger partial charge < -0.3 is 38.9 Å². The third kappa shape index (κ3) is 11.1. The number of non-ortho nitro benzene ring substituents is 1. The Labute approximate surface area is 392 Å². The molecule has 2 aliphatic carbocycles. The molecule has 6 atom stereocenters. The van der Waals surface area contributed by atoms with Crippen LogP contribution in [-0.2, 0) is 27.4 Å². The molecule has 0 aromatic heterocycles. The minimum atomic E-state index is -1.46. The average Bonchev–Trinajstić information content (AvgIpc) is 3.34. The van der Waals surface area contributed by atoms with E-state index in [4.69, 9.17) is 28.9 Å². The smallest absolute Gasteiger partial charge is 0.269 e. The molecule has 0 unspecified atom stereocenters. The van der Waals surface area contributed by atoms with Crippen LogP contribution in [0.2, 0.25) is 0 Å². The highest BCUT2D eigenvalue weighted by Crippen LogP contribution is 2.62. The number of nitro groups is 1. The zero-order valence-corrected chi connectivity index (χ0v) is 38.3. The Bertz CT molecular complexity index is 2420. The van der Waals surface area contributed by atoms with Crippen LogP contribution in [0, 0.1) is 27.9 Å². The molecule has 1 heterocycles. The second-order valence-corrected chi connectivity index (χ2v) is 17.4. The lowest BCUT2D eigenvalue weighted by Gasteiger charge is -2.60. The van der Waals surface area contributed by atoms with Crippen LogP contribution in [0.1, 0.15) is 91.3 Å². The van der Waals surface area contributed by atoms with Gasteiger partial charge in [-0.1, -0.05) is 61.3 Å². The fourth-order valence-electron chi connectivity index (χ4n) is 10.2. The zero-order chi connectivity index (χ0) is 47.3. The van der Waals surface area contributed by atoms with E-state index in [1.165, 1.54) is 12.1 Å². The van der Waals surface area contributed by atoms with Gasteiger partial charge in [-0.05, 0) is 115 Å². The number of aldehydes is 1. The topological polar surface area (TPSA) is 179 Å². The molecule has 2 N–H and O–H groups in total. The molecule has 354 valence electrons. The van der Waals surface area contributed by atoms with Crippen molar-refractivity contribution in [3.8, 4) is 23.0 Å². The first-order valence-electron chi connectivity index (χ1n) is 23.3. The van der Waals surface area contributed by atoms with E-state index in [0.29, 0.717) is 65.6 Å². The molecule has 14 nitrogen and oxygen atoms in total. The second-order valence-electron chi connectivity index (χ2n) is 17.4. The number of benzene rings is 4. The predicted molar refractivity (Wildman–Crippen MR) is 253 cm³/mol. The normalized spacial score (nSPS) is 22.1. The standard InChI is InChI=1S/C53H61N3O11/c1-4-24-55(50(60)30-37-12-10-15-41(28-37)63-3)49-33-47(54-65-35-36-18-20-40(21-19-36)56(61)62)45-31-39(14-6-8-25-57)44(17-7-9-26-58)51-46-32-43(66-42-16-11-13-38(29-42)34-59)22-23-48(46)67-53(49,52(45)51)64-27-5-2/h5,10-13,15-16,18-23,28-29,31-32,34,39,44,49,51-52,57-58H,2,4,6-9,14,17,24-27,30,33,35H2,1,3H3/t39-,44+,49-,51+,52+,53+/m0/s1. The van der Waals surface area contributed by atoms with Crippen molar-refractivity contribution in [2.75, 3.05) is 33.5 Å². The number of ether oxygens (including phenoxy) is 4. The fourth-order valence-corrected chi connectivity index (χ4v) is 10.2. The van der Waals surface area contributed by atoms with Gasteiger partial charge in [-0.2, -0.15) is 0 Å². The van der Waals surface area contributed by atoms with Crippen LogP contribution >= 0.6 is 0 Å². The molecule has 1 amide bonds. The SMILES string of the molecule is C=CCO[C@@]12Oc3ccc(Oc4cccc(C=O)c4)cc3[C@H]3[C@H](CCCCO)[C@@H](CCCCO)C=C(C(=NOCc4ccc([N+](=O)[O-])cc4)C[C@@H]1N(CCC)C(=O)Cc1cccc(OC)c1)[C@H]32. The summed E-state index contributed by atoms with van der Waals surface area (Å²) in [5.74, 6) is -0.196. The summed E-state index contributed by atoms with van der Waals surface area (Å²) in [6.07, 6.45) is 9.95. The van der Waals surface area contributed by atoms with Gasteiger partial charge in [0.05, 0.1) is 36.7 Å². The van der Waals surface area contributed by atoms with Gasteiger partial charge >= 0.3 is 0 Å². The quantitative estimate of drug-likeness (QED) is 0.0225. The van der Waals surface area contributed by atoms with Gasteiger partial charge in [-0.25, -0.2) is 0 Å². The van der Waals surface area contributed by atoms with E-state index in [9.17, 15) is 25.1 Å². The minimum Gasteiger partial charge on any atom is -0.497 e. The highest BCUT2D eigenvalue weighted by molar-refractivity contribution is 6.03. The van der Waals surface area contributed by atoms with Crippen molar-refractivity contribution >= 4 is 23.6 Å². The highest BCUT2D eigenvalue weighted by atomic mass is 16.7. The molecule has 67 heavy (non-hydrogen) atoms. The lowest BCUT2D eigenvalue weighted by Crippen LogP contribution is -2.70. The van der Waals surface area contributed by atoms with E-state index >= 15 is 4.79 Å². The molecule has 7 rings (SSSR count). The Morgan fingerprint density at radius 3 is 2.42 bits per heavy atom. The maximum absolute atomic E-state index is 15.0. The van der Waals surface area contributed by atoms with Crippen molar-refractivity contribution in [1.82, 2.24) is 4.90 Å². The number of unbranched alkanes of at least 4 members (excludes halogenated alkanes) is 2. The number of carbonyl (C=O) groups excluding carboxylic acids is 2. The van der Waals surface area contributed by atoms with Crippen molar-refractivity contribution < 1.29 is 48.5 Å². The monoisotopic (exact) mass is 915 g/mol. The number of aliphatic hydroxyl groups is 2. The van der Waals surface area contributed by atoms with Crippen LogP contribution in [0.5, 0.6) is 23.0 Å². The van der Waals surface area contributed by atoms with Crippen molar-refractivity contribution in [1.29, 1.82) is 0 Å². The summed E-state index contributed by atoms with van der Waals surface area (Å²) in [6.45, 7) is 6.71. The van der Waals surface area contributed by atoms with Crippen LogP contribution in [0.3, 0.4) is 0 Å². The summed E-state index contributed by atoms with van der Waals surface area (Å²) in [7, 11) is 1.59. The van der Waals surface area contributed by atoms with Crippen molar-refractivity contribution in [2.45, 2.75) is 89.1 Å². The Kier molecular flexibility index (Phi) is 16.6. The molecule has 0 radical (unpaired) electrons. The van der Waals surface area contributed by atoms with Gasteiger partial charge in [0.1, 0.15) is 41.9 Å². The Balaban J connectivity index is 1.42. The molecule has 0 bridgehead atoms. The van der Waals surface area contributed by atoms with Gasteiger partial charge in [0, 0.05) is 55.4 Å². The van der Waals surface area contributed by atoms with Gasteiger partial charge in [-0.15, -0.1) is 6.58 Å². The first-order chi connectivity index (χ1) is 32.7. The fraction of sp³-hybridized carbons (Fsp3) is 0.415. The summed E-state index contributed by atoms with van der Waals surface area (Å²) in [5, 5.41) is 36.3. The molecule has 1 fully saturated rings. The summed E-state index contributed by atoms with van der Waals surface area (Å²) in [6, 6.07) is 25.6. The van der Waals surface area contributed by atoms with E-state index in [1.807, 2.05) is 54.3 Å². The molecule has 4 aromatic rings. The maximum atomic E-state index is 15.0. The molecule has 14 heteroatoms. The summed E-state index contributed by atoms with van der Waals surface area (Å²) < 4.78 is 26.5. The van der Waals surface area contributed by atoms with Crippen LogP contribution in [0.15, 0.2) is 120 Å².